The van der Waals surface area contributed by atoms with Crippen molar-refractivity contribution in [3.8, 4) is 5.75 Å². The van der Waals surface area contributed by atoms with Crippen LogP contribution in [0.25, 0.3) is 0 Å². The van der Waals surface area contributed by atoms with Crippen LogP contribution in [0.3, 0.4) is 0 Å². The Morgan fingerprint density at radius 1 is 1.00 bits per heavy atom. The zero-order valence-corrected chi connectivity index (χ0v) is 15.1. The lowest BCUT2D eigenvalue weighted by molar-refractivity contribution is -0.116. The van der Waals surface area contributed by atoms with E-state index < -0.39 is 0 Å². The first-order valence-corrected chi connectivity index (χ1v) is 9.37. The largest absolute Gasteiger partial charge is 0.493 e. The zero-order valence-electron chi connectivity index (χ0n) is 14.3. The van der Waals surface area contributed by atoms with E-state index in [0.29, 0.717) is 13.0 Å². The Balaban J connectivity index is 1.41. The number of carbonyl (C=O) groups excluding carboxylic acids is 1. The molecule has 1 heterocycles. The van der Waals surface area contributed by atoms with Gasteiger partial charge in [0.2, 0.25) is 5.91 Å². The number of thioether (sulfide) groups is 1. The average Bonchev–Trinajstić information content (AvgIpc) is 2.69. The molecule has 0 spiro atoms. The maximum Gasteiger partial charge on any atom is 0.227 e. The summed E-state index contributed by atoms with van der Waals surface area (Å²) in [5.41, 5.74) is 1.98. The van der Waals surface area contributed by atoms with Gasteiger partial charge in [0.05, 0.1) is 13.0 Å². The fourth-order valence-corrected chi connectivity index (χ4v) is 3.12. The normalized spacial score (nSPS) is 10.3. The number of amides is 1. The Morgan fingerprint density at radius 2 is 1.81 bits per heavy atom. The van der Waals surface area contributed by atoms with Crippen LogP contribution >= 0.6 is 11.8 Å². The number of pyridine rings is 1. The predicted molar refractivity (Wildman–Crippen MR) is 105 cm³/mol. The van der Waals surface area contributed by atoms with Crippen molar-refractivity contribution in [2.75, 3.05) is 11.9 Å². The summed E-state index contributed by atoms with van der Waals surface area (Å²) in [7, 11) is 0. The van der Waals surface area contributed by atoms with E-state index >= 15 is 0 Å². The highest BCUT2D eigenvalue weighted by Crippen LogP contribution is 2.24. The summed E-state index contributed by atoms with van der Waals surface area (Å²) in [5, 5.41) is 2.89. The summed E-state index contributed by atoms with van der Waals surface area (Å²) in [5.74, 6) is 1.59. The molecule has 3 aromatic rings. The number of nitrogens with zero attached hydrogens (tertiary/aromatic N) is 1. The quantitative estimate of drug-likeness (QED) is 0.584. The summed E-state index contributed by atoms with van der Waals surface area (Å²) < 4.78 is 5.54. The van der Waals surface area contributed by atoms with Crippen molar-refractivity contribution < 1.29 is 9.53 Å². The van der Waals surface area contributed by atoms with Gasteiger partial charge in [0.15, 0.2) is 0 Å². The molecule has 0 aliphatic carbocycles. The van der Waals surface area contributed by atoms with E-state index in [9.17, 15) is 4.79 Å². The minimum atomic E-state index is -0.0586. The third-order valence-corrected chi connectivity index (χ3v) is 4.69. The van der Waals surface area contributed by atoms with E-state index in [2.05, 4.69) is 16.4 Å². The Bertz CT molecular complexity index is 808. The van der Waals surface area contributed by atoms with Gasteiger partial charge in [-0.3, -0.25) is 9.78 Å². The van der Waals surface area contributed by atoms with Crippen molar-refractivity contribution in [2.24, 2.45) is 0 Å². The summed E-state index contributed by atoms with van der Waals surface area (Å²) in [6, 6.07) is 21.4. The van der Waals surface area contributed by atoms with Crippen LogP contribution in [0.5, 0.6) is 5.75 Å². The molecule has 0 aliphatic rings. The maximum absolute atomic E-state index is 12.0. The smallest absolute Gasteiger partial charge is 0.227 e. The fourth-order valence-electron chi connectivity index (χ4n) is 2.29. The highest BCUT2D eigenvalue weighted by atomic mass is 32.2. The molecule has 5 heteroatoms. The van der Waals surface area contributed by atoms with Crippen molar-refractivity contribution in [3.05, 3.63) is 84.7 Å². The number of ether oxygens (including phenoxy) is 1. The molecular formula is C21H20N2O2S. The highest BCUT2D eigenvalue weighted by Gasteiger charge is 2.04. The van der Waals surface area contributed by atoms with Crippen molar-refractivity contribution >= 4 is 23.4 Å². The molecule has 0 radical (unpaired) electrons. The molecule has 1 N–H and O–H groups in total. The average molecular weight is 364 g/mol. The van der Waals surface area contributed by atoms with Crippen molar-refractivity contribution in [1.29, 1.82) is 0 Å². The molecule has 26 heavy (non-hydrogen) atoms. The van der Waals surface area contributed by atoms with Crippen LogP contribution < -0.4 is 10.1 Å². The van der Waals surface area contributed by atoms with Crippen molar-refractivity contribution in [1.82, 2.24) is 4.98 Å². The molecule has 1 aromatic heterocycles. The first-order valence-electron chi connectivity index (χ1n) is 8.39. The number of para-hydroxylation sites is 1. The van der Waals surface area contributed by atoms with Crippen LogP contribution in [0.4, 0.5) is 5.69 Å². The second-order valence-electron chi connectivity index (χ2n) is 5.63. The number of carbonyl (C=O) groups is 1. The van der Waals surface area contributed by atoms with Crippen LogP contribution in [0.2, 0.25) is 0 Å². The number of rotatable bonds is 8. The first kappa shape index (κ1) is 18.0. The summed E-state index contributed by atoms with van der Waals surface area (Å²) in [6.45, 7) is 0.356. The number of aromatic nitrogens is 1. The number of benzene rings is 2. The fraction of sp³-hybridized carbons (Fsp3) is 0.143. The molecule has 0 saturated carbocycles. The Hall–Kier alpha value is -2.79. The molecular weight excluding hydrogens is 344 g/mol. The number of hydrogen-bond acceptors (Lipinski definition) is 4. The lowest BCUT2D eigenvalue weighted by Gasteiger charge is -2.08. The van der Waals surface area contributed by atoms with Gasteiger partial charge >= 0.3 is 0 Å². The summed E-state index contributed by atoms with van der Waals surface area (Å²) in [4.78, 5) is 17.3. The van der Waals surface area contributed by atoms with E-state index in [1.807, 2.05) is 66.9 Å². The SMILES string of the molecule is O=C(CCOc1ccccc1)Nc1ccc(SCc2cccnc2)cc1. The molecule has 132 valence electrons. The zero-order chi connectivity index (χ0) is 18.0. The van der Waals surface area contributed by atoms with Crippen molar-refractivity contribution in [2.45, 2.75) is 17.1 Å². The minimum Gasteiger partial charge on any atom is -0.493 e. The molecule has 0 unspecified atom stereocenters. The Kier molecular flexibility index (Phi) is 6.67. The maximum atomic E-state index is 12.0. The van der Waals surface area contributed by atoms with Gasteiger partial charge in [-0.2, -0.15) is 0 Å². The Labute approximate surface area is 157 Å². The molecule has 0 saturated heterocycles. The number of anilines is 1. The van der Waals surface area contributed by atoms with Crippen LogP contribution in [0.1, 0.15) is 12.0 Å². The lowest BCUT2D eigenvalue weighted by Crippen LogP contribution is -2.15. The van der Waals surface area contributed by atoms with Gasteiger partial charge in [0.1, 0.15) is 5.75 Å². The number of nitrogens with one attached hydrogen (secondary N) is 1. The second-order valence-corrected chi connectivity index (χ2v) is 6.68. The van der Waals surface area contributed by atoms with E-state index in [4.69, 9.17) is 4.74 Å². The third kappa shape index (κ3) is 5.93. The van der Waals surface area contributed by atoms with Gasteiger partial charge in [-0.1, -0.05) is 24.3 Å². The Morgan fingerprint density at radius 3 is 2.54 bits per heavy atom. The van der Waals surface area contributed by atoms with E-state index in [-0.39, 0.29) is 5.91 Å². The van der Waals surface area contributed by atoms with Crippen LogP contribution in [-0.4, -0.2) is 17.5 Å². The van der Waals surface area contributed by atoms with Gasteiger partial charge in [-0.15, -0.1) is 11.8 Å². The predicted octanol–water partition coefficient (Wildman–Crippen LogP) is 4.78. The van der Waals surface area contributed by atoms with Gasteiger partial charge in [0.25, 0.3) is 0 Å². The van der Waals surface area contributed by atoms with E-state index in [1.165, 1.54) is 5.56 Å². The first-order chi connectivity index (χ1) is 12.8. The summed E-state index contributed by atoms with van der Waals surface area (Å²) >= 11 is 1.74. The lowest BCUT2D eigenvalue weighted by atomic mass is 10.3. The van der Waals surface area contributed by atoms with Gasteiger partial charge in [0, 0.05) is 28.7 Å². The molecule has 1 amide bonds. The second kappa shape index (κ2) is 9.63. The minimum absolute atomic E-state index is 0.0586. The molecule has 2 aromatic carbocycles. The third-order valence-electron chi connectivity index (χ3n) is 3.61. The van der Waals surface area contributed by atoms with Crippen LogP contribution in [-0.2, 0) is 10.5 Å². The molecule has 3 rings (SSSR count). The van der Waals surface area contributed by atoms with Gasteiger partial charge < -0.3 is 10.1 Å². The van der Waals surface area contributed by atoms with E-state index in [1.54, 1.807) is 18.0 Å². The van der Waals surface area contributed by atoms with Gasteiger partial charge in [-0.05, 0) is 48.0 Å². The monoisotopic (exact) mass is 364 g/mol. The highest BCUT2D eigenvalue weighted by molar-refractivity contribution is 7.98. The topological polar surface area (TPSA) is 51.2 Å². The van der Waals surface area contributed by atoms with Crippen LogP contribution in [0.15, 0.2) is 84.0 Å². The molecule has 0 atom stereocenters. The number of hydrogen-bond donors (Lipinski definition) is 1. The van der Waals surface area contributed by atoms with Crippen molar-refractivity contribution in [3.63, 3.8) is 0 Å². The van der Waals surface area contributed by atoms with E-state index in [0.717, 1.165) is 22.1 Å². The molecule has 0 fully saturated rings. The van der Waals surface area contributed by atoms with Gasteiger partial charge in [-0.25, -0.2) is 0 Å². The van der Waals surface area contributed by atoms with Crippen LogP contribution in [0, 0.1) is 0 Å². The standard InChI is InChI=1S/C21H20N2O2S/c24-21(12-14-25-19-6-2-1-3-7-19)23-18-8-10-20(11-9-18)26-16-17-5-4-13-22-15-17/h1-11,13,15H,12,14,16H2,(H,23,24). The molecule has 0 bridgehead atoms. The summed E-state index contributed by atoms with van der Waals surface area (Å²) in [6.07, 6.45) is 3.96. The molecule has 0 aliphatic heterocycles. The molecule has 4 nitrogen and oxygen atoms in total.